The maximum atomic E-state index is 13.2. The lowest BCUT2D eigenvalue weighted by molar-refractivity contribution is 0.627. The number of halogens is 1. The Morgan fingerprint density at radius 3 is 2.07 bits per heavy atom. The van der Waals surface area contributed by atoms with Crippen molar-refractivity contribution in [2.45, 2.75) is 24.8 Å². The highest BCUT2D eigenvalue weighted by atomic mass is 32.2. The summed E-state index contributed by atoms with van der Waals surface area (Å²) in [4.78, 5) is 4.70. The lowest BCUT2D eigenvalue weighted by atomic mass is 10.1. The van der Waals surface area contributed by atoms with Crippen LogP contribution in [0, 0.1) is 19.7 Å². The van der Waals surface area contributed by atoms with Gasteiger partial charge in [-0.15, -0.1) is 0 Å². The zero-order valence-corrected chi connectivity index (χ0v) is 16.7. The molecule has 0 fully saturated rings. The Labute approximate surface area is 169 Å². The van der Waals surface area contributed by atoms with E-state index in [0.717, 1.165) is 33.4 Å². The number of nitrogens with zero attached hydrogens (tertiary/aromatic N) is 2. The maximum Gasteiger partial charge on any atom is 0.173 e. The molecule has 0 spiro atoms. The number of aryl methyl sites for hydroxylation is 2. The summed E-state index contributed by atoms with van der Waals surface area (Å²) in [5.41, 5.74) is 6.80. The van der Waals surface area contributed by atoms with E-state index in [0.29, 0.717) is 0 Å². The molecule has 0 aliphatic heterocycles. The van der Waals surface area contributed by atoms with Crippen LogP contribution in [0.25, 0.3) is 16.9 Å². The molecule has 4 rings (SSSR count). The molecule has 28 heavy (non-hydrogen) atoms. The van der Waals surface area contributed by atoms with Gasteiger partial charge in [0.15, 0.2) is 5.16 Å². The van der Waals surface area contributed by atoms with Crippen molar-refractivity contribution in [3.8, 4) is 16.9 Å². The van der Waals surface area contributed by atoms with Crippen molar-refractivity contribution in [1.29, 1.82) is 0 Å². The highest BCUT2D eigenvalue weighted by Crippen LogP contribution is 2.31. The zero-order chi connectivity index (χ0) is 19.5. The average Bonchev–Trinajstić information content (AvgIpc) is 3.13. The molecule has 0 atom stereocenters. The van der Waals surface area contributed by atoms with E-state index in [1.54, 1.807) is 11.8 Å². The molecule has 140 valence electrons. The van der Waals surface area contributed by atoms with Gasteiger partial charge in [-0.25, -0.2) is 9.37 Å². The lowest BCUT2D eigenvalue weighted by Crippen LogP contribution is -1.99. The summed E-state index contributed by atoms with van der Waals surface area (Å²) in [7, 11) is 0. The summed E-state index contributed by atoms with van der Waals surface area (Å²) >= 11 is 1.65. The summed E-state index contributed by atoms with van der Waals surface area (Å²) in [5, 5.41) is 0.920. The largest absolute Gasteiger partial charge is 0.287 e. The van der Waals surface area contributed by atoms with E-state index >= 15 is 0 Å². The van der Waals surface area contributed by atoms with Gasteiger partial charge >= 0.3 is 0 Å². The minimum absolute atomic E-state index is 0.212. The van der Waals surface area contributed by atoms with Gasteiger partial charge in [-0.05, 0) is 43.7 Å². The summed E-state index contributed by atoms with van der Waals surface area (Å²) in [6, 6.07) is 23.6. The molecule has 0 saturated carbocycles. The molecule has 1 aromatic heterocycles. The Hall–Kier alpha value is -2.85. The Morgan fingerprint density at radius 1 is 0.821 bits per heavy atom. The van der Waals surface area contributed by atoms with Gasteiger partial charge in [-0.3, -0.25) is 4.57 Å². The van der Waals surface area contributed by atoms with Crippen LogP contribution < -0.4 is 0 Å². The van der Waals surface area contributed by atoms with E-state index in [-0.39, 0.29) is 5.82 Å². The van der Waals surface area contributed by atoms with Crippen molar-refractivity contribution in [2.75, 3.05) is 0 Å². The summed E-state index contributed by atoms with van der Waals surface area (Å²) in [6.45, 7) is 4.17. The van der Waals surface area contributed by atoms with Crippen molar-refractivity contribution in [1.82, 2.24) is 9.55 Å². The molecule has 0 radical (unpaired) electrons. The second kappa shape index (κ2) is 8.03. The Kier molecular flexibility index (Phi) is 5.31. The van der Waals surface area contributed by atoms with Crippen LogP contribution in [0.4, 0.5) is 4.39 Å². The summed E-state index contributed by atoms with van der Waals surface area (Å²) in [5.74, 6) is 0.521. The summed E-state index contributed by atoms with van der Waals surface area (Å²) in [6.07, 6.45) is 1.93. The topological polar surface area (TPSA) is 17.8 Å². The monoisotopic (exact) mass is 388 g/mol. The van der Waals surface area contributed by atoms with E-state index < -0.39 is 0 Å². The zero-order valence-electron chi connectivity index (χ0n) is 15.9. The number of hydrogen-bond donors (Lipinski definition) is 0. The van der Waals surface area contributed by atoms with Gasteiger partial charge in [0.1, 0.15) is 5.82 Å². The van der Waals surface area contributed by atoms with Gasteiger partial charge in [0.2, 0.25) is 0 Å². The van der Waals surface area contributed by atoms with Crippen LogP contribution in [-0.2, 0) is 5.75 Å². The van der Waals surface area contributed by atoms with E-state index in [1.165, 1.54) is 23.3 Å². The first-order chi connectivity index (χ1) is 13.6. The fraction of sp³-hybridized carbons (Fsp3) is 0.125. The molecule has 0 N–H and O–H groups in total. The number of hydrogen-bond acceptors (Lipinski definition) is 2. The predicted molar refractivity (Wildman–Crippen MR) is 114 cm³/mol. The SMILES string of the molecule is Cc1ccc(-c2cnc(SCc3ccc(F)cc3)n2-c2ccc(C)cc2)cc1. The molecule has 0 aliphatic rings. The van der Waals surface area contributed by atoms with Crippen molar-refractivity contribution in [3.05, 3.63) is 102 Å². The molecular weight excluding hydrogens is 367 g/mol. The number of imidazole rings is 1. The highest BCUT2D eigenvalue weighted by Gasteiger charge is 2.14. The third kappa shape index (κ3) is 4.02. The lowest BCUT2D eigenvalue weighted by Gasteiger charge is -2.13. The molecule has 1 heterocycles. The minimum atomic E-state index is -0.212. The van der Waals surface area contributed by atoms with Gasteiger partial charge in [0.05, 0.1) is 11.9 Å². The molecule has 3 aromatic carbocycles. The molecule has 0 unspecified atom stereocenters. The first kappa shape index (κ1) is 18.5. The second-order valence-electron chi connectivity index (χ2n) is 6.88. The molecule has 0 amide bonds. The predicted octanol–water partition coefficient (Wildman–Crippen LogP) is 6.59. The number of rotatable bonds is 5. The van der Waals surface area contributed by atoms with Crippen LogP contribution in [0.15, 0.2) is 84.1 Å². The standard InChI is InChI=1S/C24H21FN2S/c1-17-3-9-20(10-4-17)23-15-26-24(27(23)22-13-5-18(2)6-14-22)28-16-19-7-11-21(25)12-8-19/h3-15H,16H2,1-2H3. The molecule has 4 heteroatoms. The van der Waals surface area contributed by atoms with Gasteiger partial charge in [0, 0.05) is 17.0 Å². The average molecular weight is 389 g/mol. The van der Waals surface area contributed by atoms with Crippen LogP contribution in [0.5, 0.6) is 0 Å². The fourth-order valence-corrected chi connectivity index (χ4v) is 3.98. The first-order valence-corrected chi connectivity index (χ1v) is 10.2. The Bertz CT molecular complexity index is 1070. The first-order valence-electron chi connectivity index (χ1n) is 9.19. The third-order valence-electron chi connectivity index (χ3n) is 4.65. The number of thioether (sulfide) groups is 1. The fourth-order valence-electron chi connectivity index (χ4n) is 3.04. The van der Waals surface area contributed by atoms with E-state index in [2.05, 4.69) is 66.9 Å². The van der Waals surface area contributed by atoms with Crippen LogP contribution in [0.3, 0.4) is 0 Å². The molecule has 0 bridgehead atoms. The third-order valence-corrected chi connectivity index (χ3v) is 5.67. The van der Waals surface area contributed by atoms with Crippen LogP contribution in [0.2, 0.25) is 0 Å². The van der Waals surface area contributed by atoms with Gasteiger partial charge in [-0.2, -0.15) is 0 Å². The van der Waals surface area contributed by atoms with E-state index in [4.69, 9.17) is 4.98 Å². The number of aromatic nitrogens is 2. The maximum absolute atomic E-state index is 13.2. The van der Waals surface area contributed by atoms with Crippen molar-refractivity contribution in [3.63, 3.8) is 0 Å². The second-order valence-corrected chi connectivity index (χ2v) is 7.82. The molecule has 0 saturated heterocycles. The Morgan fingerprint density at radius 2 is 1.43 bits per heavy atom. The molecule has 0 aliphatic carbocycles. The smallest absolute Gasteiger partial charge is 0.173 e. The van der Waals surface area contributed by atoms with Gasteiger partial charge < -0.3 is 0 Å². The van der Waals surface area contributed by atoms with Crippen LogP contribution in [0.1, 0.15) is 16.7 Å². The molecule has 2 nitrogen and oxygen atoms in total. The quantitative estimate of drug-likeness (QED) is 0.359. The minimum Gasteiger partial charge on any atom is -0.287 e. The van der Waals surface area contributed by atoms with Crippen molar-refractivity contribution >= 4 is 11.8 Å². The van der Waals surface area contributed by atoms with E-state index in [1.807, 2.05) is 18.3 Å². The van der Waals surface area contributed by atoms with Crippen molar-refractivity contribution < 1.29 is 4.39 Å². The van der Waals surface area contributed by atoms with Crippen LogP contribution >= 0.6 is 11.8 Å². The normalized spacial score (nSPS) is 11.0. The highest BCUT2D eigenvalue weighted by molar-refractivity contribution is 7.98. The number of benzene rings is 3. The van der Waals surface area contributed by atoms with Gasteiger partial charge in [0.25, 0.3) is 0 Å². The van der Waals surface area contributed by atoms with E-state index in [9.17, 15) is 4.39 Å². The van der Waals surface area contributed by atoms with Crippen LogP contribution in [-0.4, -0.2) is 9.55 Å². The molecular formula is C24H21FN2S. The van der Waals surface area contributed by atoms with Crippen molar-refractivity contribution in [2.24, 2.45) is 0 Å². The molecule has 4 aromatic rings. The van der Waals surface area contributed by atoms with Gasteiger partial charge in [-0.1, -0.05) is 71.4 Å². The summed E-state index contributed by atoms with van der Waals surface area (Å²) < 4.78 is 15.4. The Balaban J connectivity index is 1.72.